The maximum absolute atomic E-state index is 13.1. The first-order valence-electron chi connectivity index (χ1n) is 8.80. The lowest BCUT2D eigenvalue weighted by molar-refractivity contribution is 0.0994. The topological polar surface area (TPSA) is 66.5 Å². The number of carbonyl (C=O) groups excluding carboxylic acids is 1. The van der Waals surface area contributed by atoms with Crippen molar-refractivity contribution in [2.75, 3.05) is 16.2 Å². The summed E-state index contributed by atoms with van der Waals surface area (Å²) in [7, 11) is -3.80. The molecule has 1 heterocycles. The highest BCUT2D eigenvalue weighted by atomic mass is 32.2. The predicted octanol–water partition coefficient (Wildman–Crippen LogP) is 4.24. The number of carbonyl (C=O) groups is 1. The summed E-state index contributed by atoms with van der Waals surface area (Å²) in [5.74, 6) is -0.0880. The molecule has 0 fully saturated rings. The Morgan fingerprint density at radius 1 is 1.00 bits per heavy atom. The maximum atomic E-state index is 13.1. The lowest BCUT2D eigenvalue weighted by Crippen LogP contribution is -2.25. The molecular weight excluding hydrogens is 360 g/mol. The first kappa shape index (κ1) is 17.5. The van der Waals surface area contributed by atoms with Crippen LogP contribution in [-0.4, -0.2) is 20.9 Å². The van der Waals surface area contributed by atoms with Gasteiger partial charge in [0, 0.05) is 28.6 Å². The zero-order valence-electron chi connectivity index (χ0n) is 15.4. The molecule has 0 radical (unpaired) electrons. The number of anilines is 2. The largest absolute Gasteiger partial charge is 0.308 e. The number of hydrogen-bond donors (Lipinski definition) is 1. The lowest BCUT2D eigenvalue weighted by atomic mass is 10.1. The van der Waals surface area contributed by atoms with Crippen molar-refractivity contribution in [2.24, 2.45) is 0 Å². The van der Waals surface area contributed by atoms with Gasteiger partial charge in [0.25, 0.3) is 15.9 Å². The molecule has 0 bridgehead atoms. The number of aryl methyl sites for hydroxylation is 2. The third-order valence-electron chi connectivity index (χ3n) is 4.82. The Morgan fingerprint density at radius 3 is 2.37 bits per heavy atom. The molecule has 0 spiro atoms. The van der Waals surface area contributed by atoms with Crippen LogP contribution in [0.3, 0.4) is 0 Å². The average Bonchev–Trinajstić information content (AvgIpc) is 2.87. The van der Waals surface area contributed by atoms with E-state index in [1.165, 1.54) is 0 Å². The first-order chi connectivity index (χ1) is 12.8. The summed E-state index contributed by atoms with van der Waals surface area (Å²) >= 11 is 0. The van der Waals surface area contributed by atoms with Gasteiger partial charge in [-0.15, -0.1) is 0 Å². The van der Waals surface area contributed by atoms with Gasteiger partial charge in [0.15, 0.2) is 0 Å². The fraction of sp³-hybridized carbons (Fsp3) is 0.190. The normalized spacial score (nSPS) is 13.4. The second kappa shape index (κ2) is 6.09. The minimum absolute atomic E-state index is 0.0880. The molecule has 5 nitrogen and oxygen atoms in total. The van der Waals surface area contributed by atoms with Crippen LogP contribution in [0.5, 0.6) is 0 Å². The minimum Gasteiger partial charge on any atom is -0.308 e. The monoisotopic (exact) mass is 380 g/mol. The number of nitrogens with one attached hydrogen (secondary N) is 1. The predicted molar refractivity (Wildman–Crippen MR) is 108 cm³/mol. The van der Waals surface area contributed by atoms with Gasteiger partial charge in [-0.1, -0.05) is 18.2 Å². The molecule has 1 amide bonds. The molecular formula is C21H20N2O3S. The van der Waals surface area contributed by atoms with E-state index in [0.717, 1.165) is 16.8 Å². The Labute approximate surface area is 158 Å². The van der Waals surface area contributed by atoms with Gasteiger partial charge in [-0.3, -0.25) is 9.52 Å². The van der Waals surface area contributed by atoms with Crippen LogP contribution in [-0.2, 0) is 10.0 Å². The summed E-state index contributed by atoms with van der Waals surface area (Å²) in [6, 6.07) is 14.1. The van der Waals surface area contributed by atoms with Crippen LogP contribution in [0.15, 0.2) is 53.4 Å². The Morgan fingerprint density at radius 2 is 1.70 bits per heavy atom. The van der Waals surface area contributed by atoms with Crippen LogP contribution in [0.4, 0.5) is 11.4 Å². The highest BCUT2D eigenvalue weighted by molar-refractivity contribution is 7.93. The van der Waals surface area contributed by atoms with Gasteiger partial charge < -0.3 is 4.90 Å². The maximum Gasteiger partial charge on any atom is 0.262 e. The molecule has 0 aliphatic carbocycles. The van der Waals surface area contributed by atoms with Crippen LogP contribution in [0, 0.1) is 13.8 Å². The van der Waals surface area contributed by atoms with Gasteiger partial charge in [-0.05, 0) is 62.2 Å². The third kappa shape index (κ3) is 2.77. The van der Waals surface area contributed by atoms with Crippen molar-refractivity contribution in [2.45, 2.75) is 25.7 Å². The molecule has 138 valence electrons. The summed E-state index contributed by atoms with van der Waals surface area (Å²) in [6.45, 7) is 6.29. The zero-order chi connectivity index (χ0) is 19.3. The van der Waals surface area contributed by atoms with E-state index in [9.17, 15) is 13.2 Å². The SMILES string of the molecule is CCN1C(=O)c2cccc3c(S(=O)(=O)Nc4cc(C)cc(C)c4)ccc1c23. The molecule has 3 aromatic carbocycles. The molecule has 0 unspecified atom stereocenters. The van der Waals surface area contributed by atoms with Crippen molar-refractivity contribution < 1.29 is 13.2 Å². The van der Waals surface area contributed by atoms with E-state index in [0.29, 0.717) is 28.6 Å². The number of sulfonamides is 1. The number of rotatable bonds is 4. The summed E-state index contributed by atoms with van der Waals surface area (Å²) in [5, 5.41) is 1.26. The molecule has 1 N–H and O–H groups in total. The molecule has 0 atom stereocenters. The lowest BCUT2D eigenvalue weighted by Gasteiger charge is -2.16. The molecule has 0 saturated carbocycles. The van der Waals surface area contributed by atoms with Crippen LogP contribution in [0.2, 0.25) is 0 Å². The van der Waals surface area contributed by atoms with Gasteiger partial charge in [0.1, 0.15) is 0 Å². The van der Waals surface area contributed by atoms with E-state index in [2.05, 4.69) is 4.72 Å². The molecule has 4 rings (SSSR count). The Balaban J connectivity index is 1.88. The average molecular weight is 380 g/mol. The van der Waals surface area contributed by atoms with E-state index in [4.69, 9.17) is 0 Å². The Kier molecular flexibility index (Phi) is 3.96. The summed E-state index contributed by atoms with van der Waals surface area (Å²) in [6.07, 6.45) is 0. The zero-order valence-corrected chi connectivity index (χ0v) is 16.2. The summed E-state index contributed by atoms with van der Waals surface area (Å²) < 4.78 is 28.9. The second-order valence-electron chi connectivity index (χ2n) is 6.84. The number of amides is 1. The highest BCUT2D eigenvalue weighted by Crippen LogP contribution is 2.40. The number of hydrogen-bond acceptors (Lipinski definition) is 3. The van der Waals surface area contributed by atoms with Crippen LogP contribution in [0.1, 0.15) is 28.4 Å². The van der Waals surface area contributed by atoms with Crippen molar-refractivity contribution in [3.8, 4) is 0 Å². The molecule has 1 aliphatic rings. The van der Waals surface area contributed by atoms with Crippen molar-refractivity contribution in [1.29, 1.82) is 0 Å². The smallest absolute Gasteiger partial charge is 0.262 e. The van der Waals surface area contributed by atoms with Crippen molar-refractivity contribution in [3.63, 3.8) is 0 Å². The standard InChI is InChI=1S/C21H20N2O3S/c1-4-23-18-8-9-19(16-6-5-7-17(20(16)18)21(23)24)27(25,26)22-15-11-13(2)10-14(3)12-15/h5-12,22H,4H2,1-3H3. The van der Waals surface area contributed by atoms with E-state index >= 15 is 0 Å². The van der Waals surface area contributed by atoms with Crippen molar-refractivity contribution >= 4 is 38.1 Å². The molecule has 0 saturated heterocycles. The highest BCUT2D eigenvalue weighted by Gasteiger charge is 2.31. The van der Waals surface area contributed by atoms with Gasteiger partial charge in [0.05, 0.1) is 10.6 Å². The van der Waals surface area contributed by atoms with Gasteiger partial charge >= 0.3 is 0 Å². The van der Waals surface area contributed by atoms with E-state index in [1.807, 2.05) is 26.8 Å². The quantitative estimate of drug-likeness (QED) is 0.736. The van der Waals surface area contributed by atoms with E-state index in [1.54, 1.807) is 47.4 Å². The van der Waals surface area contributed by atoms with Crippen LogP contribution in [0.25, 0.3) is 10.8 Å². The fourth-order valence-electron chi connectivity index (χ4n) is 3.81. The van der Waals surface area contributed by atoms with Gasteiger partial charge in [-0.2, -0.15) is 0 Å². The summed E-state index contributed by atoms with van der Waals surface area (Å²) in [4.78, 5) is 14.4. The summed E-state index contributed by atoms with van der Waals surface area (Å²) in [5.41, 5.74) is 3.81. The second-order valence-corrected chi connectivity index (χ2v) is 8.49. The fourth-order valence-corrected chi connectivity index (χ4v) is 5.06. The number of nitrogens with zero attached hydrogens (tertiary/aromatic N) is 1. The first-order valence-corrected chi connectivity index (χ1v) is 10.3. The van der Waals surface area contributed by atoms with Crippen molar-refractivity contribution in [3.05, 3.63) is 65.2 Å². The van der Waals surface area contributed by atoms with Crippen molar-refractivity contribution in [1.82, 2.24) is 0 Å². The van der Waals surface area contributed by atoms with E-state index in [-0.39, 0.29) is 10.8 Å². The van der Waals surface area contributed by atoms with Crippen LogP contribution >= 0.6 is 0 Å². The van der Waals surface area contributed by atoms with Gasteiger partial charge in [0.2, 0.25) is 0 Å². The van der Waals surface area contributed by atoms with Gasteiger partial charge in [-0.25, -0.2) is 8.42 Å². The Bertz CT molecular complexity index is 1180. The molecule has 1 aliphatic heterocycles. The third-order valence-corrected chi connectivity index (χ3v) is 6.26. The van der Waals surface area contributed by atoms with E-state index < -0.39 is 10.0 Å². The number of benzene rings is 3. The molecule has 0 aromatic heterocycles. The van der Waals surface area contributed by atoms with Crippen LogP contribution < -0.4 is 9.62 Å². The molecule has 3 aromatic rings. The molecule has 6 heteroatoms. The minimum atomic E-state index is -3.80. The Hall–Kier alpha value is -2.86. The molecule has 27 heavy (non-hydrogen) atoms.